The number of aromatic nitrogens is 2. The second kappa shape index (κ2) is 14.4. The Labute approximate surface area is 308 Å². The van der Waals surface area contributed by atoms with Crippen LogP contribution < -0.4 is 24.8 Å². The number of methoxy groups -OCH3 is 1. The molecule has 3 N–H and O–H groups in total. The van der Waals surface area contributed by atoms with Crippen molar-refractivity contribution in [3.05, 3.63) is 47.0 Å². The molecule has 0 unspecified atom stereocenters. The third-order valence-electron chi connectivity index (χ3n) is 10.1. The van der Waals surface area contributed by atoms with Crippen LogP contribution in [0, 0.1) is 12.8 Å². The van der Waals surface area contributed by atoms with Gasteiger partial charge in [0.1, 0.15) is 33.8 Å². The molecule has 2 aromatic heterocycles. The first-order valence-electron chi connectivity index (χ1n) is 17.2. The summed E-state index contributed by atoms with van der Waals surface area (Å²) in [6, 6.07) is 3.11. The quantitative estimate of drug-likeness (QED) is 0.251. The van der Waals surface area contributed by atoms with E-state index in [-0.39, 0.29) is 35.9 Å². The number of allylic oxidation sites excluding steroid dienone is 1. The van der Waals surface area contributed by atoms with Gasteiger partial charge in [-0.2, -0.15) is 13.2 Å². The van der Waals surface area contributed by atoms with Crippen LogP contribution in [-0.4, -0.2) is 84.8 Å². The van der Waals surface area contributed by atoms with E-state index in [0.29, 0.717) is 54.4 Å². The Morgan fingerprint density at radius 2 is 1.92 bits per heavy atom. The number of sulfonamides is 1. The molecule has 2 aliphatic carbocycles. The molecule has 1 aliphatic heterocycles. The summed E-state index contributed by atoms with van der Waals surface area (Å²) in [5.41, 5.74) is -1.45. The maximum Gasteiger partial charge on any atom is 0.434 e. The van der Waals surface area contributed by atoms with E-state index in [0.717, 1.165) is 23.1 Å². The third-order valence-corrected chi connectivity index (χ3v) is 13.1. The lowest BCUT2D eigenvalue weighted by Gasteiger charge is -2.26. The number of halogens is 3. The second-order valence-electron chi connectivity index (χ2n) is 14.0. The highest BCUT2D eigenvalue weighted by Gasteiger charge is 2.62. The number of rotatable bonds is 9. The van der Waals surface area contributed by atoms with Crippen molar-refractivity contribution < 1.29 is 45.4 Å². The fourth-order valence-electron chi connectivity index (χ4n) is 6.21. The molecule has 0 spiro atoms. The highest BCUT2D eigenvalue weighted by atomic mass is 32.2. The number of alkyl halides is 3. The Bertz CT molecular complexity index is 2070. The van der Waals surface area contributed by atoms with Gasteiger partial charge in [0.05, 0.1) is 24.0 Å². The topological polar surface area (TPSA) is 169 Å². The van der Waals surface area contributed by atoms with Crippen molar-refractivity contribution in [2.24, 2.45) is 5.92 Å². The number of carbonyl (C=O) groups is 3. The molecule has 2 fully saturated rings. The molecule has 53 heavy (non-hydrogen) atoms. The lowest BCUT2D eigenvalue weighted by atomic mass is 10.1. The Balaban J connectivity index is 1.28. The number of pyridine rings is 1. The zero-order valence-corrected chi connectivity index (χ0v) is 31.3. The van der Waals surface area contributed by atoms with Gasteiger partial charge in [0, 0.05) is 48.3 Å². The number of aryl methyl sites for hydroxylation is 1. The molecule has 2 saturated carbocycles. The number of amides is 4. The van der Waals surface area contributed by atoms with E-state index >= 15 is 0 Å². The molecule has 1 aromatic carbocycles. The van der Waals surface area contributed by atoms with Crippen LogP contribution in [0.1, 0.15) is 63.1 Å². The summed E-state index contributed by atoms with van der Waals surface area (Å²) in [5.74, 6) is -1.27. The van der Waals surface area contributed by atoms with Crippen LogP contribution in [-0.2, 0) is 25.8 Å². The molecule has 0 radical (unpaired) electrons. The number of carbonyl (C=O) groups excluding carboxylic acids is 3. The molecule has 0 bridgehead atoms. The van der Waals surface area contributed by atoms with Gasteiger partial charge in [0.25, 0.3) is 5.91 Å². The molecule has 0 saturated heterocycles. The minimum atomic E-state index is -4.64. The monoisotopic (exact) mass is 778 g/mol. The molecule has 3 atom stereocenters. The van der Waals surface area contributed by atoms with Crippen molar-refractivity contribution in [1.29, 1.82) is 0 Å². The van der Waals surface area contributed by atoms with Crippen molar-refractivity contribution in [2.75, 3.05) is 27.3 Å². The molecule has 6 rings (SSSR count). The number of urea groups is 1. The highest BCUT2D eigenvalue weighted by Crippen LogP contribution is 2.47. The van der Waals surface area contributed by atoms with E-state index in [2.05, 4.69) is 25.3 Å². The molecular formula is C35H41F3N6O7S2. The summed E-state index contributed by atoms with van der Waals surface area (Å²) in [6.07, 6.45) is 2.12. The first-order valence-corrected chi connectivity index (χ1v) is 19.6. The van der Waals surface area contributed by atoms with Crippen LogP contribution in [0.2, 0.25) is 0 Å². The van der Waals surface area contributed by atoms with Crippen molar-refractivity contribution in [3.63, 3.8) is 0 Å². The Morgan fingerprint density at radius 1 is 1.17 bits per heavy atom. The van der Waals surface area contributed by atoms with Gasteiger partial charge in [-0.05, 0) is 64.5 Å². The number of hydrogen-bond acceptors (Lipinski definition) is 10. The van der Waals surface area contributed by atoms with Crippen LogP contribution in [0.25, 0.3) is 21.6 Å². The maximum atomic E-state index is 14.0. The van der Waals surface area contributed by atoms with E-state index in [4.69, 9.17) is 9.47 Å². The summed E-state index contributed by atoms with van der Waals surface area (Å²) in [7, 11) is -0.918. The van der Waals surface area contributed by atoms with Crippen LogP contribution >= 0.6 is 11.3 Å². The van der Waals surface area contributed by atoms with Crippen LogP contribution in [0.3, 0.4) is 0 Å². The number of fused-ring (bicyclic) bond motifs is 2. The Morgan fingerprint density at radius 3 is 2.60 bits per heavy atom. The number of nitrogens with one attached hydrogen (secondary N) is 3. The summed E-state index contributed by atoms with van der Waals surface area (Å²) in [6.45, 7) is 3.58. The molecule has 4 amide bonds. The molecular weight excluding hydrogens is 738 g/mol. The van der Waals surface area contributed by atoms with Gasteiger partial charge in [-0.25, -0.2) is 23.2 Å². The second-order valence-corrected chi connectivity index (χ2v) is 17.0. The fourth-order valence-corrected chi connectivity index (χ4v) is 8.31. The number of nitrogens with zero attached hydrogens (tertiary/aromatic N) is 3. The van der Waals surface area contributed by atoms with E-state index in [1.54, 1.807) is 33.0 Å². The number of hydrogen-bond donors (Lipinski definition) is 3. The normalized spacial score (nSPS) is 23.3. The van der Waals surface area contributed by atoms with Gasteiger partial charge in [-0.1, -0.05) is 12.2 Å². The zero-order chi connectivity index (χ0) is 38.3. The molecule has 3 aliphatic rings. The highest BCUT2D eigenvalue weighted by molar-refractivity contribution is 7.91. The van der Waals surface area contributed by atoms with Gasteiger partial charge in [0.2, 0.25) is 15.9 Å². The first-order chi connectivity index (χ1) is 25.0. The minimum absolute atomic E-state index is 0.0151. The fraction of sp³-hybridized carbons (Fsp3) is 0.514. The Hall–Kier alpha value is -4.45. The van der Waals surface area contributed by atoms with E-state index in [1.165, 1.54) is 18.1 Å². The van der Waals surface area contributed by atoms with Crippen LogP contribution in [0.4, 0.5) is 18.0 Å². The lowest BCUT2D eigenvalue weighted by Crippen LogP contribution is -2.58. The van der Waals surface area contributed by atoms with Gasteiger partial charge < -0.3 is 25.0 Å². The molecule has 18 heteroatoms. The smallest absolute Gasteiger partial charge is 0.434 e. The summed E-state index contributed by atoms with van der Waals surface area (Å²) in [5, 5.41) is 6.94. The van der Waals surface area contributed by atoms with Crippen molar-refractivity contribution in [3.8, 4) is 22.2 Å². The zero-order valence-electron chi connectivity index (χ0n) is 29.6. The van der Waals surface area contributed by atoms with Crippen LogP contribution in [0.15, 0.2) is 35.7 Å². The summed E-state index contributed by atoms with van der Waals surface area (Å²) >= 11 is 0.777. The average Bonchev–Trinajstić information content (AvgIpc) is 3.96. The summed E-state index contributed by atoms with van der Waals surface area (Å²) in [4.78, 5) is 50.6. The van der Waals surface area contributed by atoms with Crippen LogP contribution in [0.5, 0.6) is 11.5 Å². The first kappa shape index (κ1) is 38.3. The van der Waals surface area contributed by atoms with E-state index < -0.39 is 62.0 Å². The molecule has 286 valence electrons. The van der Waals surface area contributed by atoms with Crippen molar-refractivity contribution in [1.82, 2.24) is 30.2 Å². The molecule has 3 heterocycles. The SMILES string of the molecule is COc1ccc2c(OCC[C@@H]3NC(=O)N(C)CCCCC=C[C@@H]4C[C@@]4(C(=O)NS(=O)(=O)C4(C)CC4)NC3=O)cc(-c3nc(C(F)(F)F)cs3)nc2c1C. The lowest BCUT2D eigenvalue weighted by molar-refractivity contribution is -0.140. The molecule has 3 aromatic rings. The van der Waals surface area contributed by atoms with Crippen molar-refractivity contribution >= 4 is 50.1 Å². The van der Waals surface area contributed by atoms with Crippen molar-refractivity contribution in [2.45, 2.75) is 81.3 Å². The third kappa shape index (κ3) is 7.93. The minimum Gasteiger partial charge on any atom is -0.496 e. The van der Waals surface area contributed by atoms with Gasteiger partial charge in [-0.15, -0.1) is 11.3 Å². The van der Waals surface area contributed by atoms with Gasteiger partial charge >= 0.3 is 12.2 Å². The van der Waals surface area contributed by atoms with Gasteiger partial charge in [-0.3, -0.25) is 14.3 Å². The maximum absolute atomic E-state index is 14.0. The van der Waals surface area contributed by atoms with E-state index in [1.807, 2.05) is 12.2 Å². The summed E-state index contributed by atoms with van der Waals surface area (Å²) < 4.78 is 79.0. The predicted octanol–water partition coefficient (Wildman–Crippen LogP) is 5.09. The number of benzene rings is 1. The number of thiazole rings is 1. The van der Waals surface area contributed by atoms with Gasteiger partial charge in [0.15, 0.2) is 5.69 Å². The predicted molar refractivity (Wildman–Crippen MR) is 191 cm³/mol. The van der Waals surface area contributed by atoms with E-state index in [9.17, 15) is 36.0 Å². The largest absolute Gasteiger partial charge is 0.496 e. The Kier molecular flexibility index (Phi) is 10.4. The average molecular weight is 779 g/mol. The standard InChI is InChI=1S/C35H41F3N6O7S2/c1-20-25(50-4)11-10-22-26(17-24(39-28(20)22)30-41-27(19-52-30)35(36,37)38)51-16-12-23-29(45)42-34(31(46)43-53(48,49)33(2)13-14-33)18-21(34)9-7-5-6-8-15-44(3)32(47)40-23/h7,9-11,17,19,21,23H,5-6,8,12-16,18H2,1-4H3,(H,40,47)(H,42,45)(H,43,46)/t21-,23+,34-/m1/s1. The number of ether oxygens (including phenoxy) is 2. The molecule has 13 nitrogen and oxygen atoms in total.